The lowest BCUT2D eigenvalue weighted by Crippen LogP contribution is -2.12. The molecule has 0 amide bonds. The van der Waals surface area contributed by atoms with E-state index in [0.717, 1.165) is 28.1 Å². The van der Waals surface area contributed by atoms with Gasteiger partial charge in [0.25, 0.3) is 0 Å². The molecule has 0 heterocycles. The maximum atomic E-state index is 10.9. The molecule has 0 fully saturated rings. The van der Waals surface area contributed by atoms with Gasteiger partial charge in [0.1, 0.15) is 11.5 Å². The number of aromatic hydroxyl groups is 1. The Balaban J connectivity index is 2.06. The molecule has 0 aromatic heterocycles. The number of methoxy groups -OCH3 is 1. The molecular formula is C24H25NO2. The van der Waals surface area contributed by atoms with E-state index in [2.05, 4.69) is 31.8 Å². The van der Waals surface area contributed by atoms with E-state index >= 15 is 0 Å². The molecule has 0 spiro atoms. The van der Waals surface area contributed by atoms with Crippen LogP contribution in [-0.2, 0) is 5.41 Å². The van der Waals surface area contributed by atoms with Crippen molar-refractivity contribution < 1.29 is 9.84 Å². The third kappa shape index (κ3) is 4.37. The summed E-state index contributed by atoms with van der Waals surface area (Å²) in [5.41, 5.74) is 4.42. The highest BCUT2D eigenvalue weighted by atomic mass is 16.5. The summed E-state index contributed by atoms with van der Waals surface area (Å²) in [4.78, 5) is 4.53. The Morgan fingerprint density at radius 1 is 0.926 bits per heavy atom. The predicted molar refractivity (Wildman–Crippen MR) is 112 cm³/mol. The van der Waals surface area contributed by atoms with Crippen LogP contribution in [0.4, 0.5) is 5.69 Å². The van der Waals surface area contributed by atoms with Gasteiger partial charge in [-0.1, -0.05) is 51.1 Å². The minimum atomic E-state index is -0.0417. The van der Waals surface area contributed by atoms with Crippen LogP contribution in [0.5, 0.6) is 11.5 Å². The van der Waals surface area contributed by atoms with Crippen LogP contribution in [0.25, 0.3) is 11.1 Å². The number of hydrogen-bond donors (Lipinski definition) is 1. The van der Waals surface area contributed by atoms with Crippen LogP contribution in [0, 0.1) is 0 Å². The summed E-state index contributed by atoms with van der Waals surface area (Å²) in [6.07, 6.45) is 1.72. The number of ether oxygens (including phenoxy) is 1. The van der Waals surface area contributed by atoms with E-state index in [1.165, 1.54) is 0 Å². The van der Waals surface area contributed by atoms with Crippen molar-refractivity contribution in [1.29, 1.82) is 0 Å². The zero-order valence-electron chi connectivity index (χ0n) is 16.2. The summed E-state index contributed by atoms with van der Waals surface area (Å²) in [5, 5.41) is 10.9. The van der Waals surface area contributed by atoms with Crippen molar-refractivity contribution >= 4 is 11.9 Å². The van der Waals surface area contributed by atoms with Crippen molar-refractivity contribution in [2.24, 2.45) is 4.99 Å². The third-order valence-corrected chi connectivity index (χ3v) is 4.52. The number of rotatable bonds is 4. The molecule has 3 aromatic rings. The summed E-state index contributed by atoms with van der Waals surface area (Å²) in [6.45, 7) is 6.50. The first-order chi connectivity index (χ1) is 12.9. The molecule has 3 aromatic carbocycles. The minimum Gasteiger partial charge on any atom is -0.507 e. The van der Waals surface area contributed by atoms with Crippen LogP contribution in [0.15, 0.2) is 71.7 Å². The largest absolute Gasteiger partial charge is 0.507 e. The minimum absolute atomic E-state index is 0.0417. The predicted octanol–water partition coefficient (Wildman–Crippen LogP) is 6.12. The zero-order valence-corrected chi connectivity index (χ0v) is 16.2. The lowest BCUT2D eigenvalue weighted by Gasteiger charge is -2.22. The lowest BCUT2D eigenvalue weighted by molar-refractivity contribution is 0.415. The van der Waals surface area contributed by atoms with E-state index in [1.807, 2.05) is 60.7 Å². The summed E-state index contributed by atoms with van der Waals surface area (Å²) in [5.74, 6) is 1.03. The van der Waals surface area contributed by atoms with E-state index in [4.69, 9.17) is 4.74 Å². The van der Waals surface area contributed by atoms with Crippen LogP contribution in [0.1, 0.15) is 31.9 Å². The topological polar surface area (TPSA) is 41.8 Å². The molecule has 0 aliphatic heterocycles. The second kappa shape index (κ2) is 7.67. The van der Waals surface area contributed by atoms with Crippen molar-refractivity contribution in [2.45, 2.75) is 26.2 Å². The lowest BCUT2D eigenvalue weighted by atomic mass is 9.84. The molecule has 3 nitrogen and oxygen atoms in total. The van der Waals surface area contributed by atoms with Crippen LogP contribution < -0.4 is 4.74 Å². The molecule has 138 valence electrons. The summed E-state index contributed by atoms with van der Waals surface area (Å²) >= 11 is 0. The Kier molecular flexibility index (Phi) is 5.31. The third-order valence-electron chi connectivity index (χ3n) is 4.52. The van der Waals surface area contributed by atoms with Gasteiger partial charge in [0.15, 0.2) is 0 Å². The molecule has 3 rings (SSSR count). The van der Waals surface area contributed by atoms with Gasteiger partial charge in [0.05, 0.1) is 12.8 Å². The summed E-state index contributed by atoms with van der Waals surface area (Å²) in [6, 6.07) is 21.5. The number of benzene rings is 3. The average Bonchev–Trinajstić information content (AvgIpc) is 2.67. The molecule has 3 heteroatoms. The van der Waals surface area contributed by atoms with Crippen molar-refractivity contribution in [3.63, 3.8) is 0 Å². The monoisotopic (exact) mass is 359 g/mol. The van der Waals surface area contributed by atoms with Gasteiger partial charge in [0.2, 0.25) is 0 Å². The van der Waals surface area contributed by atoms with Gasteiger partial charge in [0, 0.05) is 17.3 Å². The number of phenols is 1. The fourth-order valence-corrected chi connectivity index (χ4v) is 2.84. The Morgan fingerprint density at radius 2 is 1.59 bits per heavy atom. The summed E-state index contributed by atoms with van der Waals surface area (Å²) in [7, 11) is 1.64. The Labute approximate surface area is 161 Å². The first kappa shape index (κ1) is 18.7. The molecule has 0 atom stereocenters. The van der Waals surface area contributed by atoms with Crippen LogP contribution >= 0.6 is 0 Å². The Morgan fingerprint density at radius 3 is 2.19 bits per heavy atom. The quantitative estimate of drug-likeness (QED) is 0.571. The number of nitrogens with zero attached hydrogens (tertiary/aromatic N) is 1. The molecule has 1 N–H and O–H groups in total. The van der Waals surface area contributed by atoms with E-state index in [0.29, 0.717) is 5.56 Å². The first-order valence-corrected chi connectivity index (χ1v) is 8.99. The van der Waals surface area contributed by atoms with Crippen molar-refractivity contribution in [3.05, 3.63) is 77.9 Å². The van der Waals surface area contributed by atoms with Gasteiger partial charge in [-0.25, -0.2) is 0 Å². The molecule has 0 aliphatic carbocycles. The zero-order chi connectivity index (χ0) is 19.4. The van der Waals surface area contributed by atoms with Crippen molar-refractivity contribution in [2.75, 3.05) is 7.11 Å². The second-order valence-electron chi connectivity index (χ2n) is 7.53. The number of aliphatic imine (C=N–C) groups is 1. The first-order valence-electron chi connectivity index (χ1n) is 8.99. The molecule has 0 saturated carbocycles. The highest BCUT2D eigenvalue weighted by Gasteiger charge is 2.19. The average molecular weight is 359 g/mol. The normalized spacial score (nSPS) is 11.7. The van der Waals surface area contributed by atoms with Gasteiger partial charge in [-0.05, 0) is 52.9 Å². The van der Waals surface area contributed by atoms with Gasteiger partial charge in [-0.3, -0.25) is 4.99 Å². The maximum Gasteiger partial charge on any atom is 0.132 e. The molecule has 0 saturated heterocycles. The fourth-order valence-electron chi connectivity index (χ4n) is 2.84. The summed E-state index contributed by atoms with van der Waals surface area (Å²) < 4.78 is 5.18. The van der Waals surface area contributed by atoms with Gasteiger partial charge in [-0.2, -0.15) is 0 Å². The smallest absolute Gasteiger partial charge is 0.132 e. The van der Waals surface area contributed by atoms with Gasteiger partial charge < -0.3 is 9.84 Å². The van der Waals surface area contributed by atoms with Crippen molar-refractivity contribution in [1.82, 2.24) is 0 Å². The van der Waals surface area contributed by atoms with Crippen LogP contribution in [0.3, 0.4) is 0 Å². The molecule has 27 heavy (non-hydrogen) atoms. The highest BCUT2D eigenvalue weighted by Crippen LogP contribution is 2.36. The second-order valence-corrected chi connectivity index (χ2v) is 7.53. The van der Waals surface area contributed by atoms with Gasteiger partial charge >= 0.3 is 0 Å². The Bertz CT molecular complexity index is 937. The van der Waals surface area contributed by atoms with Crippen molar-refractivity contribution in [3.8, 4) is 22.6 Å². The van der Waals surface area contributed by atoms with Crippen LogP contribution in [-0.4, -0.2) is 18.4 Å². The molecular weight excluding hydrogens is 334 g/mol. The number of phenolic OH excluding ortho intramolecular Hbond substituents is 1. The van der Waals surface area contributed by atoms with E-state index < -0.39 is 0 Å². The standard InChI is InChI=1S/C24H25NO2/c1-24(2,3)19-14-18(16-25-20-10-12-21(27-4)13-11-20)23(26)22(15-19)17-8-6-5-7-9-17/h5-16,26H,1-4H3. The van der Waals surface area contributed by atoms with E-state index in [9.17, 15) is 5.11 Å². The molecule has 0 aliphatic rings. The molecule has 0 bridgehead atoms. The van der Waals surface area contributed by atoms with Gasteiger partial charge in [-0.15, -0.1) is 0 Å². The maximum absolute atomic E-state index is 10.9. The SMILES string of the molecule is COc1ccc(N=Cc2cc(C(C)(C)C)cc(-c3ccccc3)c2O)cc1. The van der Waals surface area contributed by atoms with E-state index in [1.54, 1.807) is 13.3 Å². The van der Waals surface area contributed by atoms with E-state index in [-0.39, 0.29) is 11.2 Å². The Hall–Kier alpha value is -3.07. The fraction of sp³-hybridized carbons (Fsp3) is 0.208. The molecule has 0 unspecified atom stereocenters. The molecule has 0 radical (unpaired) electrons. The number of hydrogen-bond acceptors (Lipinski definition) is 3. The highest BCUT2D eigenvalue weighted by molar-refractivity contribution is 5.90. The van der Waals surface area contributed by atoms with Crippen LogP contribution in [0.2, 0.25) is 0 Å².